The van der Waals surface area contributed by atoms with Crippen LogP contribution >= 0.6 is 0 Å². The number of hydrogen-bond donors (Lipinski definition) is 3. The maximum absolute atomic E-state index is 14.5. The molecule has 170 valence electrons. The van der Waals surface area contributed by atoms with Crippen molar-refractivity contribution in [2.24, 2.45) is 17.2 Å². The van der Waals surface area contributed by atoms with Crippen molar-refractivity contribution < 1.29 is 9.13 Å². The molecular weight excluding hydrogens is 385 g/mol. The van der Waals surface area contributed by atoms with Crippen molar-refractivity contribution in [1.29, 1.82) is 0 Å². The van der Waals surface area contributed by atoms with Crippen LogP contribution in [0.15, 0.2) is 18.2 Å². The van der Waals surface area contributed by atoms with Gasteiger partial charge in [0, 0.05) is 30.9 Å². The Bertz CT molecular complexity index is 683. The second-order valence-corrected chi connectivity index (χ2v) is 8.60. The molecule has 1 saturated carbocycles. The third kappa shape index (κ3) is 4.87. The molecule has 3 atom stereocenters. The molecule has 6 N–H and O–H groups in total. The number of ether oxygens (including phenoxy) is 1. The standard InChI is InChI=1S/C21H38FN7O/c1-26(2)12-13-27-19(23)28(15-8-6-4-5-7-9-15)21(25)29(20(27)24)16-10-11-18(30-3)17(22)14-16/h10-11,14-15,19-21H,4-9,12-13,23-25H2,1-3H3. The molecule has 0 radical (unpaired) electrons. The number of nitrogens with two attached hydrogens (primary N) is 3. The molecule has 0 spiro atoms. The molecule has 30 heavy (non-hydrogen) atoms. The summed E-state index contributed by atoms with van der Waals surface area (Å²) in [5.74, 6) is -0.246. The van der Waals surface area contributed by atoms with Crippen LogP contribution < -0.4 is 26.8 Å². The van der Waals surface area contributed by atoms with E-state index < -0.39 is 24.7 Å². The highest BCUT2D eigenvalue weighted by Crippen LogP contribution is 2.33. The quantitative estimate of drug-likeness (QED) is 0.588. The van der Waals surface area contributed by atoms with Crippen LogP contribution in [-0.4, -0.2) is 73.9 Å². The van der Waals surface area contributed by atoms with Gasteiger partial charge in [-0.1, -0.05) is 25.7 Å². The highest BCUT2D eigenvalue weighted by molar-refractivity contribution is 5.51. The Hall–Kier alpha value is -1.49. The van der Waals surface area contributed by atoms with E-state index in [0.717, 1.165) is 19.4 Å². The molecule has 0 aromatic heterocycles. The van der Waals surface area contributed by atoms with E-state index in [2.05, 4.69) is 14.7 Å². The number of nitrogens with zero attached hydrogens (tertiary/aromatic N) is 4. The summed E-state index contributed by atoms with van der Waals surface area (Å²) in [6, 6.07) is 5.12. The Morgan fingerprint density at radius 3 is 2.27 bits per heavy atom. The monoisotopic (exact) mass is 423 g/mol. The van der Waals surface area contributed by atoms with E-state index in [4.69, 9.17) is 21.9 Å². The zero-order valence-electron chi connectivity index (χ0n) is 18.5. The Balaban J connectivity index is 1.95. The average Bonchev–Trinajstić information content (AvgIpc) is 2.97. The van der Waals surface area contributed by atoms with Crippen LogP contribution in [0.4, 0.5) is 10.1 Å². The minimum absolute atomic E-state index is 0.194. The highest BCUT2D eigenvalue weighted by Gasteiger charge is 2.44. The number of likely N-dealkylation sites (N-methyl/N-ethyl adjacent to an activating group) is 1. The van der Waals surface area contributed by atoms with Gasteiger partial charge in [-0.2, -0.15) is 0 Å². The predicted octanol–water partition coefficient (Wildman–Crippen LogP) is 1.27. The van der Waals surface area contributed by atoms with Gasteiger partial charge in [0.25, 0.3) is 0 Å². The first-order chi connectivity index (χ1) is 14.3. The van der Waals surface area contributed by atoms with Gasteiger partial charge < -0.3 is 20.3 Å². The second-order valence-electron chi connectivity index (χ2n) is 8.60. The average molecular weight is 424 g/mol. The van der Waals surface area contributed by atoms with Crippen molar-refractivity contribution in [3.63, 3.8) is 0 Å². The van der Waals surface area contributed by atoms with Gasteiger partial charge >= 0.3 is 0 Å². The lowest BCUT2D eigenvalue weighted by atomic mass is 10.1. The minimum atomic E-state index is -0.565. The van der Waals surface area contributed by atoms with Gasteiger partial charge in [-0.05, 0) is 39.1 Å². The summed E-state index contributed by atoms with van der Waals surface area (Å²) < 4.78 is 19.6. The fourth-order valence-corrected chi connectivity index (χ4v) is 4.63. The molecule has 8 nitrogen and oxygen atoms in total. The Kier molecular flexibility index (Phi) is 7.89. The number of halogens is 1. The smallest absolute Gasteiger partial charge is 0.167 e. The summed E-state index contributed by atoms with van der Waals surface area (Å²) in [7, 11) is 5.49. The van der Waals surface area contributed by atoms with E-state index in [1.54, 1.807) is 12.1 Å². The highest BCUT2D eigenvalue weighted by atomic mass is 19.1. The molecule has 3 rings (SSSR count). The summed E-state index contributed by atoms with van der Waals surface area (Å²) in [6.45, 7) is 1.49. The summed E-state index contributed by atoms with van der Waals surface area (Å²) in [6.07, 6.45) is 5.44. The molecule has 0 bridgehead atoms. The number of hydrogen-bond acceptors (Lipinski definition) is 8. The second kappa shape index (κ2) is 10.2. The normalized spacial score (nSPS) is 27.5. The van der Waals surface area contributed by atoms with E-state index in [-0.39, 0.29) is 11.8 Å². The fraction of sp³-hybridized carbons (Fsp3) is 0.714. The van der Waals surface area contributed by atoms with Crippen LogP contribution in [0.25, 0.3) is 0 Å². The Labute approximate surface area is 179 Å². The molecule has 1 heterocycles. The third-order valence-corrected chi connectivity index (χ3v) is 6.35. The van der Waals surface area contributed by atoms with Crippen LogP contribution in [0.3, 0.4) is 0 Å². The number of anilines is 1. The fourth-order valence-electron chi connectivity index (χ4n) is 4.63. The van der Waals surface area contributed by atoms with Crippen molar-refractivity contribution in [1.82, 2.24) is 14.7 Å². The largest absolute Gasteiger partial charge is 0.494 e. The molecule has 2 aliphatic rings. The molecular formula is C21H38FN7O. The first kappa shape index (κ1) is 23.2. The zero-order valence-corrected chi connectivity index (χ0v) is 18.5. The van der Waals surface area contributed by atoms with Gasteiger partial charge in [-0.3, -0.25) is 11.5 Å². The maximum Gasteiger partial charge on any atom is 0.167 e. The van der Waals surface area contributed by atoms with E-state index in [1.807, 2.05) is 19.0 Å². The molecule has 1 aromatic carbocycles. The molecule has 1 saturated heterocycles. The van der Waals surface area contributed by atoms with Crippen LogP contribution in [0.5, 0.6) is 5.75 Å². The van der Waals surface area contributed by atoms with Gasteiger partial charge in [0.1, 0.15) is 18.9 Å². The summed E-state index contributed by atoms with van der Waals surface area (Å²) in [4.78, 5) is 8.19. The van der Waals surface area contributed by atoms with Gasteiger partial charge in [0.05, 0.1) is 7.11 Å². The lowest BCUT2D eigenvalue weighted by Crippen LogP contribution is -2.80. The third-order valence-electron chi connectivity index (χ3n) is 6.35. The SMILES string of the molecule is COc1ccc(N2C(N)N(CCN(C)C)C(N)N(C3CCCCCC3)C2N)cc1F. The van der Waals surface area contributed by atoms with Crippen molar-refractivity contribution in [2.45, 2.75) is 63.4 Å². The maximum atomic E-state index is 14.5. The first-order valence-electron chi connectivity index (χ1n) is 10.9. The van der Waals surface area contributed by atoms with Crippen molar-refractivity contribution >= 4 is 5.69 Å². The summed E-state index contributed by atoms with van der Waals surface area (Å²) >= 11 is 0. The van der Waals surface area contributed by atoms with Gasteiger partial charge in [-0.25, -0.2) is 14.2 Å². The van der Waals surface area contributed by atoms with Gasteiger partial charge in [0.15, 0.2) is 11.6 Å². The number of methoxy groups -OCH3 is 1. The molecule has 1 aliphatic heterocycles. The number of rotatable bonds is 6. The molecule has 9 heteroatoms. The van der Waals surface area contributed by atoms with Crippen LogP contribution in [-0.2, 0) is 0 Å². The van der Waals surface area contributed by atoms with Crippen molar-refractivity contribution in [3.05, 3.63) is 24.0 Å². The molecule has 3 unspecified atom stereocenters. The van der Waals surface area contributed by atoms with E-state index in [0.29, 0.717) is 12.2 Å². The van der Waals surface area contributed by atoms with E-state index in [9.17, 15) is 4.39 Å². The van der Waals surface area contributed by atoms with Crippen LogP contribution in [0.1, 0.15) is 38.5 Å². The first-order valence-corrected chi connectivity index (χ1v) is 10.9. The molecule has 2 fully saturated rings. The van der Waals surface area contributed by atoms with Crippen LogP contribution in [0.2, 0.25) is 0 Å². The zero-order chi connectivity index (χ0) is 21.8. The topological polar surface area (TPSA) is 100 Å². The van der Waals surface area contributed by atoms with Crippen molar-refractivity contribution in [2.75, 3.05) is 39.2 Å². The summed E-state index contributed by atoms with van der Waals surface area (Å²) in [5, 5.41) is 0. The van der Waals surface area contributed by atoms with E-state index in [1.165, 1.54) is 38.9 Å². The summed E-state index contributed by atoms with van der Waals surface area (Å²) in [5.41, 5.74) is 20.8. The molecule has 0 amide bonds. The number of benzene rings is 1. The lowest BCUT2D eigenvalue weighted by Gasteiger charge is -2.57. The van der Waals surface area contributed by atoms with Crippen molar-refractivity contribution in [3.8, 4) is 5.75 Å². The Morgan fingerprint density at radius 1 is 1.03 bits per heavy atom. The van der Waals surface area contributed by atoms with Gasteiger partial charge in [-0.15, -0.1) is 0 Å². The minimum Gasteiger partial charge on any atom is -0.494 e. The lowest BCUT2D eigenvalue weighted by molar-refractivity contribution is -0.0864. The molecule has 1 aliphatic carbocycles. The van der Waals surface area contributed by atoms with Crippen LogP contribution in [0, 0.1) is 5.82 Å². The van der Waals surface area contributed by atoms with E-state index >= 15 is 0 Å². The van der Waals surface area contributed by atoms with Gasteiger partial charge in [0.2, 0.25) is 0 Å². The Morgan fingerprint density at radius 2 is 1.70 bits per heavy atom. The predicted molar refractivity (Wildman–Crippen MR) is 118 cm³/mol. The molecule has 1 aromatic rings.